The number of ether oxygens (including phenoxy) is 1. The largest absolute Gasteiger partial charge is 0.378 e. The number of pyridine rings is 2. The van der Waals surface area contributed by atoms with Gasteiger partial charge in [0.25, 0.3) is 10.0 Å². The van der Waals surface area contributed by atoms with E-state index in [9.17, 15) is 8.42 Å². The maximum absolute atomic E-state index is 15.3. The van der Waals surface area contributed by atoms with Crippen LogP contribution in [0.2, 0.25) is 0 Å². The lowest BCUT2D eigenvalue weighted by Gasteiger charge is -2.36. The lowest BCUT2D eigenvalue weighted by molar-refractivity contribution is 0.104. The molecule has 0 atom stereocenters. The number of sulfonamides is 1. The van der Waals surface area contributed by atoms with Crippen LogP contribution in [-0.4, -0.2) is 101 Å². The summed E-state index contributed by atoms with van der Waals surface area (Å²) < 4.78 is 50.7. The quantitative estimate of drug-likeness (QED) is 0.398. The lowest BCUT2D eigenvalue weighted by Crippen LogP contribution is -2.48. The zero-order valence-electron chi connectivity index (χ0n) is 24.8. The number of aromatic nitrogens is 2. The molecule has 0 spiro atoms. The van der Waals surface area contributed by atoms with E-state index >= 15 is 4.39 Å². The van der Waals surface area contributed by atoms with Crippen LogP contribution >= 0.6 is 0 Å². The number of anilines is 3. The first-order valence-corrected chi connectivity index (χ1v) is 15.8. The SMILES string of the molecule is CC(C)N1CCN(Cc2ccc(-c3cc(NS(=O)(=O)c4cc(N5CCOCC5)cnc4N(C)C)ccn3)c(F)c2)CC1. The molecular formula is C30H40FN7O3S. The van der Waals surface area contributed by atoms with Crippen LogP contribution in [-0.2, 0) is 21.3 Å². The van der Waals surface area contributed by atoms with Gasteiger partial charge in [0.1, 0.15) is 16.5 Å². The number of benzene rings is 1. The number of hydrogen-bond acceptors (Lipinski definition) is 9. The van der Waals surface area contributed by atoms with Crippen LogP contribution in [0.4, 0.5) is 21.6 Å². The van der Waals surface area contributed by atoms with Gasteiger partial charge in [-0.1, -0.05) is 6.07 Å². The van der Waals surface area contributed by atoms with Gasteiger partial charge in [0, 0.05) is 77.7 Å². The number of piperazine rings is 1. The van der Waals surface area contributed by atoms with Crippen molar-refractivity contribution < 1.29 is 17.5 Å². The average Bonchev–Trinajstić information content (AvgIpc) is 2.97. The summed E-state index contributed by atoms with van der Waals surface area (Å²) in [5, 5.41) is 0. The normalized spacial score (nSPS) is 17.0. The molecule has 0 aliphatic carbocycles. The molecule has 4 heterocycles. The fourth-order valence-corrected chi connectivity index (χ4v) is 6.67. The molecule has 2 aromatic heterocycles. The Morgan fingerprint density at radius 2 is 1.74 bits per heavy atom. The average molecular weight is 598 g/mol. The van der Waals surface area contributed by atoms with Gasteiger partial charge in [-0.3, -0.25) is 19.5 Å². The van der Waals surface area contributed by atoms with E-state index in [0.717, 1.165) is 31.7 Å². The van der Waals surface area contributed by atoms with E-state index in [0.29, 0.717) is 61.7 Å². The molecule has 1 aromatic carbocycles. The van der Waals surface area contributed by atoms with Gasteiger partial charge in [0.2, 0.25) is 0 Å². The molecule has 42 heavy (non-hydrogen) atoms. The molecule has 226 valence electrons. The summed E-state index contributed by atoms with van der Waals surface area (Å²) >= 11 is 0. The van der Waals surface area contributed by atoms with Gasteiger partial charge in [0.05, 0.1) is 36.5 Å². The lowest BCUT2D eigenvalue weighted by atomic mass is 10.1. The molecule has 12 heteroatoms. The van der Waals surface area contributed by atoms with E-state index < -0.39 is 15.8 Å². The molecule has 3 aromatic rings. The Hall–Kier alpha value is -3.32. The van der Waals surface area contributed by atoms with Crippen molar-refractivity contribution in [2.75, 3.05) is 81.1 Å². The third kappa shape index (κ3) is 7.00. The molecule has 2 aliphatic heterocycles. The monoisotopic (exact) mass is 597 g/mol. The number of rotatable bonds is 9. The third-order valence-corrected chi connectivity index (χ3v) is 9.16. The van der Waals surface area contributed by atoms with Crippen molar-refractivity contribution in [1.29, 1.82) is 0 Å². The van der Waals surface area contributed by atoms with Crippen LogP contribution < -0.4 is 14.5 Å². The second kappa shape index (κ2) is 12.9. The fourth-order valence-electron chi connectivity index (χ4n) is 5.37. The third-order valence-electron chi connectivity index (χ3n) is 7.77. The Kier molecular flexibility index (Phi) is 9.26. The zero-order chi connectivity index (χ0) is 29.9. The molecule has 2 fully saturated rings. The topological polar surface area (TPSA) is 94.1 Å². The highest BCUT2D eigenvalue weighted by molar-refractivity contribution is 7.92. The van der Waals surface area contributed by atoms with Gasteiger partial charge in [0.15, 0.2) is 0 Å². The van der Waals surface area contributed by atoms with Crippen LogP contribution in [0.25, 0.3) is 11.3 Å². The first kappa shape index (κ1) is 30.1. The van der Waals surface area contributed by atoms with Gasteiger partial charge in [-0.25, -0.2) is 17.8 Å². The van der Waals surface area contributed by atoms with Crippen molar-refractivity contribution in [2.45, 2.75) is 31.3 Å². The van der Waals surface area contributed by atoms with Gasteiger partial charge in [-0.05, 0) is 49.7 Å². The summed E-state index contributed by atoms with van der Waals surface area (Å²) in [6.07, 6.45) is 3.16. The fraction of sp³-hybridized carbons (Fsp3) is 0.467. The summed E-state index contributed by atoms with van der Waals surface area (Å²) in [5.41, 5.74) is 2.55. The maximum Gasteiger partial charge on any atom is 0.265 e. The summed E-state index contributed by atoms with van der Waals surface area (Å²) in [4.78, 5) is 17.4. The predicted molar refractivity (Wildman–Crippen MR) is 164 cm³/mol. The Balaban J connectivity index is 1.33. The Labute approximate surface area is 248 Å². The summed E-state index contributed by atoms with van der Waals surface area (Å²) in [6.45, 7) is 11.5. The number of hydrogen-bond donors (Lipinski definition) is 1. The second-order valence-electron chi connectivity index (χ2n) is 11.3. The van der Waals surface area contributed by atoms with Crippen LogP contribution in [0.3, 0.4) is 0 Å². The second-order valence-corrected chi connectivity index (χ2v) is 12.9. The van der Waals surface area contributed by atoms with Crippen LogP contribution in [0.5, 0.6) is 0 Å². The highest BCUT2D eigenvalue weighted by Gasteiger charge is 2.25. The highest BCUT2D eigenvalue weighted by Crippen LogP contribution is 2.30. The van der Waals surface area contributed by atoms with E-state index in [-0.39, 0.29) is 10.6 Å². The molecule has 2 saturated heterocycles. The Morgan fingerprint density at radius 1 is 1.00 bits per heavy atom. The summed E-state index contributed by atoms with van der Waals surface area (Å²) in [6, 6.07) is 10.5. The summed E-state index contributed by atoms with van der Waals surface area (Å²) in [5.74, 6) is -0.0702. The maximum atomic E-state index is 15.3. The molecule has 2 aliphatic rings. The smallest absolute Gasteiger partial charge is 0.265 e. The molecule has 5 rings (SSSR count). The van der Waals surface area contributed by atoms with E-state index in [4.69, 9.17) is 4.74 Å². The molecule has 10 nitrogen and oxygen atoms in total. The minimum absolute atomic E-state index is 0.0552. The first-order valence-electron chi connectivity index (χ1n) is 14.3. The molecular weight excluding hydrogens is 557 g/mol. The van der Waals surface area contributed by atoms with Gasteiger partial charge in [-0.2, -0.15) is 0 Å². The van der Waals surface area contributed by atoms with Crippen molar-refractivity contribution in [3.8, 4) is 11.3 Å². The minimum atomic E-state index is -4.03. The van der Waals surface area contributed by atoms with E-state index in [2.05, 4.69) is 43.2 Å². The molecule has 1 N–H and O–H groups in total. The molecule has 0 unspecified atom stereocenters. The van der Waals surface area contributed by atoms with E-state index in [1.807, 2.05) is 6.07 Å². The van der Waals surface area contributed by atoms with Crippen LogP contribution in [0.15, 0.2) is 53.7 Å². The van der Waals surface area contributed by atoms with Crippen molar-refractivity contribution >= 4 is 27.2 Å². The number of morpholine rings is 1. The Morgan fingerprint density at radius 3 is 2.40 bits per heavy atom. The minimum Gasteiger partial charge on any atom is -0.378 e. The van der Waals surface area contributed by atoms with Crippen LogP contribution in [0, 0.1) is 5.82 Å². The van der Waals surface area contributed by atoms with Crippen LogP contribution in [0.1, 0.15) is 19.4 Å². The van der Waals surface area contributed by atoms with Gasteiger partial charge in [-0.15, -0.1) is 0 Å². The van der Waals surface area contributed by atoms with Crippen molar-refractivity contribution in [2.24, 2.45) is 0 Å². The molecule has 0 saturated carbocycles. The van der Waals surface area contributed by atoms with Gasteiger partial charge >= 0.3 is 0 Å². The highest BCUT2D eigenvalue weighted by atomic mass is 32.2. The molecule has 0 radical (unpaired) electrons. The Bertz CT molecular complexity index is 1490. The number of nitrogens with zero attached hydrogens (tertiary/aromatic N) is 6. The zero-order valence-corrected chi connectivity index (χ0v) is 25.6. The predicted octanol–water partition coefficient (Wildman–Crippen LogP) is 3.51. The van der Waals surface area contributed by atoms with E-state index in [1.165, 1.54) is 6.20 Å². The van der Waals surface area contributed by atoms with Gasteiger partial charge < -0.3 is 14.5 Å². The first-order chi connectivity index (χ1) is 20.1. The van der Waals surface area contributed by atoms with E-state index in [1.54, 1.807) is 55.5 Å². The standard InChI is InChI=1S/C30H40FN7O3S/c1-22(2)37-11-9-36(10-12-37)21-23-5-6-26(27(31)17-23)28-18-24(7-8-32-28)34-42(39,40)29-19-25(20-33-30(29)35(3)4)38-13-15-41-16-14-38/h5-8,17-20,22H,9-16,21H2,1-4H3,(H,32,34). The molecule has 0 amide bonds. The molecule has 0 bridgehead atoms. The van der Waals surface area contributed by atoms with Crippen molar-refractivity contribution in [3.63, 3.8) is 0 Å². The van der Waals surface area contributed by atoms with Crippen molar-refractivity contribution in [3.05, 3.63) is 60.2 Å². The number of halogens is 1. The van der Waals surface area contributed by atoms with Crippen molar-refractivity contribution in [1.82, 2.24) is 19.8 Å². The summed E-state index contributed by atoms with van der Waals surface area (Å²) in [7, 11) is -0.538. The number of nitrogens with one attached hydrogen (secondary N) is 1.